The van der Waals surface area contributed by atoms with Crippen LogP contribution >= 0.6 is 0 Å². The molecule has 1 fully saturated rings. The molecule has 1 saturated heterocycles. The summed E-state index contributed by atoms with van der Waals surface area (Å²) in [6, 6.07) is 5.60. The maximum atomic E-state index is 11.0. The van der Waals surface area contributed by atoms with Gasteiger partial charge in [0.25, 0.3) is 0 Å². The highest BCUT2D eigenvalue weighted by Gasteiger charge is 2.17. The van der Waals surface area contributed by atoms with Crippen LogP contribution < -0.4 is 5.32 Å². The molecule has 1 unspecified atom stereocenters. The zero-order chi connectivity index (χ0) is 14.1. The number of rotatable bonds is 3. The standard InChI is InChI=1S/C15H19N3O2/c1-18-13-6-5-10(15(19)20)8-12(13)17-14(18)9-11-4-2-3-7-16-11/h5-6,8,11,16H,2-4,7,9H2,1H3,(H,19,20). The van der Waals surface area contributed by atoms with Crippen LogP contribution in [-0.2, 0) is 13.5 Å². The number of nitrogens with one attached hydrogen (secondary N) is 1. The molecule has 1 aromatic heterocycles. The molecule has 0 aliphatic carbocycles. The molecule has 2 heterocycles. The monoisotopic (exact) mass is 273 g/mol. The van der Waals surface area contributed by atoms with Gasteiger partial charge in [-0.1, -0.05) is 6.42 Å². The third-order valence-corrected chi connectivity index (χ3v) is 4.06. The molecule has 106 valence electrons. The third kappa shape index (κ3) is 2.41. The Morgan fingerprint density at radius 1 is 1.50 bits per heavy atom. The van der Waals surface area contributed by atoms with Crippen molar-refractivity contribution in [3.63, 3.8) is 0 Å². The van der Waals surface area contributed by atoms with Gasteiger partial charge in [0.2, 0.25) is 0 Å². The lowest BCUT2D eigenvalue weighted by molar-refractivity contribution is 0.0697. The molecule has 1 atom stereocenters. The minimum atomic E-state index is -0.909. The van der Waals surface area contributed by atoms with Gasteiger partial charge in [0.1, 0.15) is 5.82 Å². The average molecular weight is 273 g/mol. The normalized spacial score (nSPS) is 19.4. The van der Waals surface area contributed by atoms with Crippen molar-refractivity contribution >= 4 is 17.0 Å². The number of aryl methyl sites for hydroxylation is 1. The Morgan fingerprint density at radius 2 is 2.35 bits per heavy atom. The Balaban J connectivity index is 1.91. The van der Waals surface area contributed by atoms with Crippen LogP contribution in [0.15, 0.2) is 18.2 Å². The van der Waals surface area contributed by atoms with Gasteiger partial charge in [0.15, 0.2) is 0 Å². The Kier molecular flexibility index (Phi) is 3.44. The van der Waals surface area contributed by atoms with Crippen LogP contribution in [0.3, 0.4) is 0 Å². The first-order valence-electron chi connectivity index (χ1n) is 7.07. The zero-order valence-electron chi connectivity index (χ0n) is 11.6. The van der Waals surface area contributed by atoms with Crippen LogP contribution in [0.1, 0.15) is 35.4 Å². The second-order valence-corrected chi connectivity index (χ2v) is 5.45. The van der Waals surface area contributed by atoms with Crippen molar-refractivity contribution in [3.05, 3.63) is 29.6 Å². The minimum absolute atomic E-state index is 0.290. The van der Waals surface area contributed by atoms with Gasteiger partial charge >= 0.3 is 5.97 Å². The molecular weight excluding hydrogens is 254 g/mol. The number of carbonyl (C=O) groups is 1. The van der Waals surface area contributed by atoms with Crippen molar-refractivity contribution in [1.82, 2.24) is 14.9 Å². The molecule has 1 aliphatic heterocycles. The third-order valence-electron chi connectivity index (χ3n) is 4.06. The van der Waals surface area contributed by atoms with Crippen molar-refractivity contribution < 1.29 is 9.90 Å². The Labute approximate surface area is 117 Å². The molecule has 5 heteroatoms. The summed E-state index contributed by atoms with van der Waals surface area (Å²) in [7, 11) is 1.99. The van der Waals surface area contributed by atoms with E-state index in [2.05, 4.69) is 14.9 Å². The zero-order valence-corrected chi connectivity index (χ0v) is 11.6. The van der Waals surface area contributed by atoms with Gasteiger partial charge in [-0.15, -0.1) is 0 Å². The molecule has 3 rings (SSSR count). The fraction of sp³-hybridized carbons (Fsp3) is 0.467. The molecule has 0 radical (unpaired) electrons. The summed E-state index contributed by atoms with van der Waals surface area (Å²) in [4.78, 5) is 15.6. The maximum absolute atomic E-state index is 11.0. The average Bonchev–Trinajstić information content (AvgIpc) is 2.76. The van der Waals surface area contributed by atoms with Crippen molar-refractivity contribution in [1.29, 1.82) is 0 Å². The molecule has 1 aromatic carbocycles. The highest BCUT2D eigenvalue weighted by molar-refractivity contribution is 5.92. The lowest BCUT2D eigenvalue weighted by Crippen LogP contribution is -2.36. The second-order valence-electron chi connectivity index (χ2n) is 5.45. The number of benzene rings is 1. The molecule has 2 N–H and O–H groups in total. The Morgan fingerprint density at radius 3 is 3.05 bits per heavy atom. The van der Waals surface area contributed by atoms with E-state index in [9.17, 15) is 4.79 Å². The maximum Gasteiger partial charge on any atom is 0.335 e. The number of hydrogen-bond acceptors (Lipinski definition) is 3. The SMILES string of the molecule is Cn1c(CC2CCCCN2)nc2cc(C(=O)O)ccc21. The number of carboxylic acids is 1. The fourth-order valence-corrected chi connectivity index (χ4v) is 2.88. The van der Waals surface area contributed by atoms with E-state index < -0.39 is 5.97 Å². The van der Waals surface area contributed by atoms with Crippen LogP contribution in [-0.4, -0.2) is 33.2 Å². The summed E-state index contributed by atoms with van der Waals surface area (Å²) >= 11 is 0. The summed E-state index contributed by atoms with van der Waals surface area (Å²) in [5, 5.41) is 12.6. The van der Waals surface area contributed by atoms with Gasteiger partial charge in [-0.05, 0) is 37.6 Å². The summed E-state index contributed by atoms with van der Waals surface area (Å²) in [6.45, 7) is 1.08. The molecule has 0 amide bonds. The molecule has 0 saturated carbocycles. The van der Waals surface area contributed by atoms with E-state index in [1.54, 1.807) is 12.1 Å². The molecule has 20 heavy (non-hydrogen) atoms. The van der Waals surface area contributed by atoms with Crippen molar-refractivity contribution in [2.24, 2.45) is 7.05 Å². The number of hydrogen-bond donors (Lipinski definition) is 2. The molecule has 0 spiro atoms. The largest absolute Gasteiger partial charge is 0.478 e. The molecule has 5 nitrogen and oxygen atoms in total. The summed E-state index contributed by atoms with van der Waals surface area (Å²) < 4.78 is 2.07. The quantitative estimate of drug-likeness (QED) is 0.897. The van der Waals surface area contributed by atoms with E-state index in [1.807, 2.05) is 13.1 Å². The van der Waals surface area contributed by atoms with Gasteiger partial charge in [-0.25, -0.2) is 9.78 Å². The molecule has 2 aromatic rings. The summed E-state index contributed by atoms with van der Waals surface area (Å²) in [6.07, 6.45) is 4.60. The number of aromatic nitrogens is 2. The lowest BCUT2D eigenvalue weighted by atomic mass is 10.0. The first-order valence-corrected chi connectivity index (χ1v) is 7.07. The highest BCUT2D eigenvalue weighted by atomic mass is 16.4. The van der Waals surface area contributed by atoms with E-state index in [-0.39, 0.29) is 5.56 Å². The van der Waals surface area contributed by atoms with Gasteiger partial charge in [-0.3, -0.25) is 0 Å². The van der Waals surface area contributed by atoms with E-state index >= 15 is 0 Å². The number of aromatic carboxylic acids is 1. The van der Waals surface area contributed by atoms with Crippen molar-refractivity contribution in [3.8, 4) is 0 Å². The molecule has 1 aliphatic rings. The predicted molar refractivity (Wildman–Crippen MR) is 77.0 cm³/mol. The topological polar surface area (TPSA) is 67.2 Å². The van der Waals surface area contributed by atoms with Crippen LogP contribution in [0.5, 0.6) is 0 Å². The van der Waals surface area contributed by atoms with Crippen molar-refractivity contribution in [2.75, 3.05) is 6.54 Å². The van der Waals surface area contributed by atoms with Gasteiger partial charge in [0, 0.05) is 19.5 Å². The Bertz CT molecular complexity index is 642. The smallest absolute Gasteiger partial charge is 0.335 e. The number of piperidine rings is 1. The van der Waals surface area contributed by atoms with Crippen LogP contribution in [0.4, 0.5) is 0 Å². The number of nitrogens with zero attached hydrogens (tertiary/aromatic N) is 2. The Hall–Kier alpha value is -1.88. The van der Waals surface area contributed by atoms with Gasteiger partial charge < -0.3 is 15.0 Å². The first kappa shape index (κ1) is 13.1. The molecular formula is C15H19N3O2. The number of carboxylic acid groups (broad SMARTS) is 1. The van der Waals surface area contributed by atoms with E-state index in [4.69, 9.17) is 5.11 Å². The van der Waals surface area contributed by atoms with Gasteiger partial charge in [0.05, 0.1) is 16.6 Å². The first-order chi connectivity index (χ1) is 9.65. The fourth-order valence-electron chi connectivity index (χ4n) is 2.88. The van der Waals surface area contributed by atoms with Crippen molar-refractivity contribution in [2.45, 2.75) is 31.7 Å². The minimum Gasteiger partial charge on any atom is -0.478 e. The van der Waals surface area contributed by atoms with Crippen LogP contribution in [0, 0.1) is 0 Å². The summed E-state index contributed by atoms with van der Waals surface area (Å²) in [5.74, 6) is 0.106. The van der Waals surface area contributed by atoms with Gasteiger partial charge in [-0.2, -0.15) is 0 Å². The van der Waals surface area contributed by atoms with E-state index in [0.717, 1.165) is 29.8 Å². The van der Waals surface area contributed by atoms with Crippen LogP contribution in [0.25, 0.3) is 11.0 Å². The number of fused-ring (bicyclic) bond motifs is 1. The van der Waals surface area contributed by atoms with E-state index in [1.165, 1.54) is 19.3 Å². The lowest BCUT2D eigenvalue weighted by Gasteiger charge is -2.22. The highest BCUT2D eigenvalue weighted by Crippen LogP contribution is 2.19. The van der Waals surface area contributed by atoms with Crippen LogP contribution in [0.2, 0.25) is 0 Å². The second kappa shape index (κ2) is 5.25. The predicted octanol–water partition coefficient (Wildman–Crippen LogP) is 1.96. The van der Waals surface area contributed by atoms with E-state index in [0.29, 0.717) is 6.04 Å². The number of imidazole rings is 1. The molecule has 0 bridgehead atoms. The summed E-state index contributed by atoms with van der Waals surface area (Å²) in [5.41, 5.74) is 2.04.